The molecule has 6 heteroatoms. The van der Waals surface area contributed by atoms with Gasteiger partial charge in [0.05, 0.1) is 6.61 Å². The summed E-state index contributed by atoms with van der Waals surface area (Å²) in [6.45, 7) is 4.79. The molecule has 0 atom stereocenters. The lowest BCUT2D eigenvalue weighted by Gasteiger charge is -2.07. The molecule has 114 valence electrons. The Bertz CT molecular complexity index is 507. The van der Waals surface area contributed by atoms with Crippen molar-refractivity contribution in [3.8, 4) is 5.75 Å². The van der Waals surface area contributed by atoms with Gasteiger partial charge in [0.15, 0.2) is 0 Å². The van der Waals surface area contributed by atoms with Crippen LogP contribution in [0.4, 0.5) is 0 Å². The minimum atomic E-state index is -1.19. The van der Waals surface area contributed by atoms with E-state index in [2.05, 4.69) is 5.32 Å². The van der Waals surface area contributed by atoms with Gasteiger partial charge in [-0.1, -0.05) is 12.1 Å². The highest BCUT2D eigenvalue weighted by Crippen LogP contribution is 2.14. The molecule has 1 aromatic rings. The van der Waals surface area contributed by atoms with E-state index in [9.17, 15) is 9.59 Å². The summed E-state index contributed by atoms with van der Waals surface area (Å²) in [7, 11) is 0. The molecule has 0 heterocycles. The number of rotatable bonds is 8. The van der Waals surface area contributed by atoms with Crippen molar-refractivity contribution < 1.29 is 24.2 Å². The molecule has 0 bridgehead atoms. The SMILES string of the molecule is CCOCCOc1ccc(/C=C(\NC(C)=O)C(=O)O)cc1. The van der Waals surface area contributed by atoms with E-state index >= 15 is 0 Å². The molecule has 21 heavy (non-hydrogen) atoms. The van der Waals surface area contributed by atoms with Gasteiger partial charge in [-0.25, -0.2) is 4.79 Å². The number of amides is 1. The van der Waals surface area contributed by atoms with Crippen molar-refractivity contribution in [2.45, 2.75) is 13.8 Å². The Morgan fingerprint density at radius 1 is 1.24 bits per heavy atom. The quantitative estimate of drug-likeness (QED) is 0.562. The van der Waals surface area contributed by atoms with Crippen molar-refractivity contribution in [1.29, 1.82) is 0 Å². The predicted molar refractivity (Wildman–Crippen MR) is 77.9 cm³/mol. The molecular weight excluding hydrogens is 274 g/mol. The molecule has 2 N–H and O–H groups in total. The van der Waals surface area contributed by atoms with Gasteiger partial charge in [-0.15, -0.1) is 0 Å². The Hall–Kier alpha value is -2.34. The van der Waals surface area contributed by atoms with Gasteiger partial charge in [0.1, 0.15) is 18.1 Å². The van der Waals surface area contributed by atoms with Crippen molar-refractivity contribution in [3.05, 3.63) is 35.5 Å². The van der Waals surface area contributed by atoms with Gasteiger partial charge in [-0.2, -0.15) is 0 Å². The highest BCUT2D eigenvalue weighted by molar-refractivity contribution is 5.96. The monoisotopic (exact) mass is 293 g/mol. The normalized spacial score (nSPS) is 11.0. The summed E-state index contributed by atoms with van der Waals surface area (Å²) in [6, 6.07) is 6.87. The van der Waals surface area contributed by atoms with Crippen LogP contribution in [0.25, 0.3) is 6.08 Å². The minimum absolute atomic E-state index is 0.174. The van der Waals surface area contributed by atoms with Crippen molar-refractivity contribution in [3.63, 3.8) is 0 Å². The zero-order valence-corrected chi connectivity index (χ0v) is 12.1. The van der Waals surface area contributed by atoms with Crippen LogP contribution < -0.4 is 10.1 Å². The van der Waals surface area contributed by atoms with Crippen LogP contribution in [0.3, 0.4) is 0 Å². The largest absolute Gasteiger partial charge is 0.491 e. The van der Waals surface area contributed by atoms with Gasteiger partial charge in [-0.05, 0) is 30.7 Å². The summed E-state index contributed by atoms with van der Waals surface area (Å²) >= 11 is 0. The van der Waals surface area contributed by atoms with Crippen molar-refractivity contribution in [1.82, 2.24) is 5.32 Å². The van der Waals surface area contributed by atoms with E-state index in [0.29, 0.717) is 31.1 Å². The molecule has 1 aromatic carbocycles. The number of carbonyl (C=O) groups excluding carboxylic acids is 1. The Labute approximate surface area is 123 Å². The minimum Gasteiger partial charge on any atom is -0.491 e. The standard InChI is InChI=1S/C15H19NO5/c1-3-20-8-9-21-13-6-4-12(5-7-13)10-14(15(18)19)16-11(2)17/h4-7,10H,3,8-9H2,1-2H3,(H,16,17)(H,18,19)/b14-10-. The van der Waals surface area contributed by atoms with Crippen LogP contribution in [0.15, 0.2) is 30.0 Å². The Morgan fingerprint density at radius 2 is 1.90 bits per heavy atom. The van der Waals surface area contributed by atoms with Crippen LogP contribution in [-0.4, -0.2) is 36.8 Å². The molecule has 1 rings (SSSR count). The van der Waals surface area contributed by atoms with Gasteiger partial charge in [-0.3, -0.25) is 4.79 Å². The maximum atomic E-state index is 11.0. The molecule has 0 radical (unpaired) electrons. The van der Waals surface area contributed by atoms with Gasteiger partial charge >= 0.3 is 5.97 Å². The third-order valence-electron chi connectivity index (χ3n) is 2.43. The second kappa shape index (κ2) is 8.76. The summed E-state index contributed by atoms with van der Waals surface area (Å²) in [4.78, 5) is 21.9. The number of hydrogen-bond acceptors (Lipinski definition) is 4. The fourth-order valence-electron chi connectivity index (χ4n) is 1.53. The summed E-state index contributed by atoms with van der Waals surface area (Å²) in [5.41, 5.74) is 0.478. The van der Waals surface area contributed by atoms with Crippen LogP contribution in [-0.2, 0) is 14.3 Å². The number of carboxylic acid groups (broad SMARTS) is 1. The maximum Gasteiger partial charge on any atom is 0.352 e. The zero-order valence-electron chi connectivity index (χ0n) is 12.1. The van der Waals surface area contributed by atoms with E-state index in [1.165, 1.54) is 13.0 Å². The Kier molecular flexibility index (Phi) is 6.97. The Balaban J connectivity index is 2.67. The number of carbonyl (C=O) groups is 2. The number of hydrogen-bond donors (Lipinski definition) is 2. The molecule has 6 nitrogen and oxygen atoms in total. The van der Waals surface area contributed by atoms with Crippen LogP contribution >= 0.6 is 0 Å². The van der Waals surface area contributed by atoms with Crippen LogP contribution in [0.1, 0.15) is 19.4 Å². The fourth-order valence-corrected chi connectivity index (χ4v) is 1.53. The average molecular weight is 293 g/mol. The molecule has 0 saturated carbocycles. The van der Waals surface area contributed by atoms with Crippen LogP contribution in [0.5, 0.6) is 5.75 Å². The topological polar surface area (TPSA) is 84.9 Å². The van der Waals surface area contributed by atoms with E-state index in [-0.39, 0.29) is 5.70 Å². The second-order valence-electron chi connectivity index (χ2n) is 4.16. The first kappa shape index (κ1) is 16.7. The van der Waals surface area contributed by atoms with Crippen molar-refractivity contribution >= 4 is 18.0 Å². The lowest BCUT2D eigenvalue weighted by atomic mass is 10.2. The summed E-state index contributed by atoms with van der Waals surface area (Å²) in [5.74, 6) is -0.954. The molecule has 0 aromatic heterocycles. The highest BCUT2D eigenvalue weighted by atomic mass is 16.5. The van der Waals surface area contributed by atoms with Crippen LogP contribution in [0.2, 0.25) is 0 Å². The zero-order chi connectivity index (χ0) is 15.7. The number of carboxylic acids is 1. The first-order valence-electron chi connectivity index (χ1n) is 6.56. The molecule has 0 aliphatic heterocycles. The van der Waals surface area contributed by atoms with E-state index in [0.717, 1.165) is 0 Å². The molecule has 0 aliphatic rings. The third kappa shape index (κ3) is 6.58. The van der Waals surface area contributed by atoms with Gasteiger partial charge in [0.25, 0.3) is 0 Å². The van der Waals surface area contributed by atoms with Crippen molar-refractivity contribution in [2.75, 3.05) is 19.8 Å². The number of benzene rings is 1. The van der Waals surface area contributed by atoms with Gasteiger partial charge < -0.3 is 19.9 Å². The van der Waals surface area contributed by atoms with E-state index in [1.807, 2.05) is 6.92 Å². The van der Waals surface area contributed by atoms with E-state index in [1.54, 1.807) is 24.3 Å². The fraction of sp³-hybridized carbons (Fsp3) is 0.333. The second-order valence-corrected chi connectivity index (χ2v) is 4.16. The summed E-state index contributed by atoms with van der Waals surface area (Å²) in [6.07, 6.45) is 1.38. The molecule has 0 saturated heterocycles. The van der Waals surface area contributed by atoms with E-state index in [4.69, 9.17) is 14.6 Å². The van der Waals surface area contributed by atoms with Gasteiger partial charge in [0.2, 0.25) is 5.91 Å². The predicted octanol–water partition coefficient (Wildman–Crippen LogP) is 1.66. The molecule has 0 spiro atoms. The summed E-state index contributed by atoms with van der Waals surface area (Å²) < 4.78 is 10.6. The molecular formula is C15H19NO5. The number of aliphatic carboxylic acids is 1. The summed E-state index contributed by atoms with van der Waals surface area (Å²) in [5, 5.41) is 11.2. The first-order valence-corrected chi connectivity index (χ1v) is 6.56. The molecule has 0 unspecified atom stereocenters. The maximum absolute atomic E-state index is 11.0. The first-order chi connectivity index (χ1) is 10.0. The molecule has 0 fully saturated rings. The number of ether oxygens (including phenoxy) is 2. The van der Waals surface area contributed by atoms with E-state index < -0.39 is 11.9 Å². The lowest BCUT2D eigenvalue weighted by Crippen LogP contribution is -2.24. The smallest absolute Gasteiger partial charge is 0.352 e. The lowest BCUT2D eigenvalue weighted by molar-refractivity contribution is -0.134. The van der Waals surface area contributed by atoms with Gasteiger partial charge in [0, 0.05) is 13.5 Å². The average Bonchev–Trinajstić information content (AvgIpc) is 2.44. The van der Waals surface area contributed by atoms with Crippen molar-refractivity contribution in [2.24, 2.45) is 0 Å². The van der Waals surface area contributed by atoms with Crippen LogP contribution in [0, 0.1) is 0 Å². The molecule has 0 aliphatic carbocycles. The highest BCUT2D eigenvalue weighted by Gasteiger charge is 2.08. The third-order valence-corrected chi connectivity index (χ3v) is 2.43. The number of nitrogens with one attached hydrogen (secondary N) is 1. The molecule has 1 amide bonds. The Morgan fingerprint density at radius 3 is 2.43 bits per heavy atom.